The van der Waals surface area contributed by atoms with Gasteiger partial charge in [-0.05, 0) is 83.5 Å². The third-order valence-electron chi connectivity index (χ3n) is 11.2. The number of ether oxygens (including phenoxy) is 5. The number of carboxylic acid groups (broad SMARTS) is 1. The summed E-state index contributed by atoms with van der Waals surface area (Å²) in [5.74, 6) is -3.20. The number of carboxylic acids is 1. The van der Waals surface area contributed by atoms with Crippen molar-refractivity contribution in [3.63, 3.8) is 0 Å². The number of aliphatic carboxylic acids is 1. The van der Waals surface area contributed by atoms with E-state index in [1.807, 2.05) is 0 Å². The van der Waals surface area contributed by atoms with Gasteiger partial charge in [-0.3, -0.25) is 14.4 Å². The van der Waals surface area contributed by atoms with Crippen molar-refractivity contribution < 1.29 is 58.2 Å². The summed E-state index contributed by atoms with van der Waals surface area (Å²) < 4.78 is 28.2. The summed E-state index contributed by atoms with van der Waals surface area (Å²) in [4.78, 5) is 50.7. The van der Waals surface area contributed by atoms with E-state index in [2.05, 4.69) is 93.7 Å². The van der Waals surface area contributed by atoms with E-state index in [4.69, 9.17) is 23.7 Å². The van der Waals surface area contributed by atoms with Crippen molar-refractivity contribution in [1.82, 2.24) is 0 Å². The summed E-state index contributed by atoms with van der Waals surface area (Å²) in [6.45, 7) is 5.72. The zero-order chi connectivity index (χ0) is 49.0. The Bertz CT molecular complexity index is 1450. The first kappa shape index (κ1) is 61.2. The molecule has 0 aromatic rings. The lowest BCUT2D eigenvalue weighted by atomic mass is 9.98. The largest absolute Gasteiger partial charge is 0.479 e. The summed E-state index contributed by atoms with van der Waals surface area (Å²) in [6.07, 6.45) is 40.5. The Morgan fingerprint density at radius 2 is 0.970 bits per heavy atom. The number of unbranched alkanes of at least 4 members (excludes halogenated alkanes) is 16. The number of carbonyl (C=O) groups excluding carboxylic acids is 3. The minimum atomic E-state index is -1.92. The molecule has 6 atom stereocenters. The van der Waals surface area contributed by atoms with Gasteiger partial charge in [0.2, 0.25) is 0 Å². The number of allylic oxidation sites excluding steroid dienone is 12. The smallest absolute Gasteiger partial charge is 0.335 e. The summed E-state index contributed by atoms with van der Waals surface area (Å²) >= 11 is 0. The molecule has 1 saturated heterocycles. The van der Waals surface area contributed by atoms with Crippen molar-refractivity contribution in [3.8, 4) is 0 Å². The number of hydrogen-bond donors (Lipinski definition) is 3. The Labute approximate surface area is 404 Å². The Kier molecular flexibility index (Phi) is 39.7. The van der Waals surface area contributed by atoms with Gasteiger partial charge in [-0.25, -0.2) is 4.79 Å². The Morgan fingerprint density at radius 3 is 1.52 bits per heavy atom. The molecule has 67 heavy (non-hydrogen) atoms. The lowest BCUT2D eigenvalue weighted by Crippen LogP contribution is -2.61. The second kappa shape index (κ2) is 43.4. The molecule has 0 aromatic carbocycles. The average molecular weight is 943 g/mol. The van der Waals surface area contributed by atoms with E-state index in [1.165, 1.54) is 32.1 Å². The molecule has 0 aliphatic carbocycles. The van der Waals surface area contributed by atoms with E-state index in [0.717, 1.165) is 103 Å². The van der Waals surface area contributed by atoms with E-state index >= 15 is 0 Å². The van der Waals surface area contributed by atoms with Gasteiger partial charge >= 0.3 is 23.9 Å². The molecule has 382 valence electrons. The molecule has 1 fully saturated rings. The molecule has 1 heterocycles. The van der Waals surface area contributed by atoms with Crippen LogP contribution in [0.3, 0.4) is 0 Å². The van der Waals surface area contributed by atoms with Crippen LogP contribution in [0.15, 0.2) is 72.9 Å². The highest BCUT2D eigenvalue weighted by molar-refractivity contribution is 5.74. The van der Waals surface area contributed by atoms with E-state index < -0.39 is 67.3 Å². The van der Waals surface area contributed by atoms with Crippen LogP contribution in [-0.4, -0.2) is 89.2 Å². The van der Waals surface area contributed by atoms with Crippen molar-refractivity contribution in [2.45, 2.75) is 237 Å². The second-order valence-corrected chi connectivity index (χ2v) is 17.4. The fourth-order valence-corrected chi connectivity index (χ4v) is 7.28. The molecule has 12 nitrogen and oxygen atoms in total. The zero-order valence-electron chi connectivity index (χ0n) is 41.6. The Morgan fingerprint density at radius 1 is 0.507 bits per heavy atom. The molecular weight excluding hydrogens is 853 g/mol. The first-order valence-electron chi connectivity index (χ1n) is 25.9. The molecule has 1 rings (SSSR count). The molecule has 12 heteroatoms. The minimum absolute atomic E-state index is 0.00552. The van der Waals surface area contributed by atoms with Gasteiger partial charge in [-0.2, -0.15) is 0 Å². The van der Waals surface area contributed by atoms with Crippen molar-refractivity contribution in [2.24, 2.45) is 0 Å². The maximum Gasteiger partial charge on any atom is 0.335 e. The van der Waals surface area contributed by atoms with Crippen molar-refractivity contribution >= 4 is 23.9 Å². The van der Waals surface area contributed by atoms with Gasteiger partial charge in [0.1, 0.15) is 18.8 Å². The quantitative estimate of drug-likeness (QED) is 0.0229. The summed E-state index contributed by atoms with van der Waals surface area (Å²) in [6, 6.07) is 0. The maximum absolute atomic E-state index is 13.0. The number of aliphatic hydroxyl groups is 2. The third-order valence-corrected chi connectivity index (χ3v) is 11.2. The predicted octanol–water partition coefficient (Wildman–Crippen LogP) is 12.2. The summed E-state index contributed by atoms with van der Waals surface area (Å²) in [7, 11) is 0. The SMILES string of the molecule is CC/C=C\C/C=C\C/C=C\C/C=C\CCCCC(=O)OC1C(OCC(COC(=O)CCCCCCC/C=C\C/C=C\CCC)OC(=O)CCCCCCCCCCC)OC(C(=O)O)C(O)C1O. The lowest BCUT2D eigenvalue weighted by Gasteiger charge is -2.40. The van der Waals surface area contributed by atoms with Crippen LogP contribution in [0, 0.1) is 0 Å². The van der Waals surface area contributed by atoms with Crippen LogP contribution < -0.4 is 0 Å². The van der Waals surface area contributed by atoms with Gasteiger partial charge in [0, 0.05) is 19.3 Å². The van der Waals surface area contributed by atoms with Crippen LogP contribution in [0.25, 0.3) is 0 Å². The normalized spacial score (nSPS) is 19.4. The highest BCUT2D eigenvalue weighted by atomic mass is 16.7. The predicted molar refractivity (Wildman–Crippen MR) is 266 cm³/mol. The van der Waals surface area contributed by atoms with E-state index in [-0.39, 0.29) is 25.9 Å². The topological polar surface area (TPSA) is 175 Å². The zero-order valence-corrected chi connectivity index (χ0v) is 41.6. The number of hydrogen-bond acceptors (Lipinski definition) is 11. The number of rotatable bonds is 42. The van der Waals surface area contributed by atoms with Gasteiger partial charge in [0.25, 0.3) is 0 Å². The fraction of sp³-hybridized carbons (Fsp3) is 0.709. The minimum Gasteiger partial charge on any atom is -0.479 e. The molecular formula is C55H90O12. The van der Waals surface area contributed by atoms with Crippen LogP contribution in [0.4, 0.5) is 0 Å². The van der Waals surface area contributed by atoms with Gasteiger partial charge in [-0.15, -0.1) is 0 Å². The maximum atomic E-state index is 13.0. The molecule has 0 saturated carbocycles. The van der Waals surface area contributed by atoms with Crippen LogP contribution >= 0.6 is 0 Å². The molecule has 0 amide bonds. The number of aliphatic hydroxyl groups excluding tert-OH is 2. The molecule has 0 aromatic heterocycles. The van der Waals surface area contributed by atoms with Crippen molar-refractivity contribution in [1.29, 1.82) is 0 Å². The van der Waals surface area contributed by atoms with Crippen LogP contribution in [0.5, 0.6) is 0 Å². The Hall–Kier alpha value is -3.84. The van der Waals surface area contributed by atoms with Gasteiger partial charge in [-0.1, -0.05) is 171 Å². The monoisotopic (exact) mass is 943 g/mol. The van der Waals surface area contributed by atoms with Crippen LogP contribution in [-0.2, 0) is 42.9 Å². The molecule has 0 spiro atoms. The van der Waals surface area contributed by atoms with E-state index in [1.54, 1.807) is 0 Å². The van der Waals surface area contributed by atoms with Crippen molar-refractivity contribution in [2.75, 3.05) is 13.2 Å². The molecule has 1 aliphatic heterocycles. The molecule has 6 unspecified atom stereocenters. The summed E-state index contributed by atoms with van der Waals surface area (Å²) in [5, 5.41) is 31.3. The number of carbonyl (C=O) groups is 4. The fourth-order valence-electron chi connectivity index (χ4n) is 7.28. The lowest BCUT2D eigenvalue weighted by molar-refractivity contribution is -0.301. The molecule has 1 aliphatic rings. The van der Waals surface area contributed by atoms with Crippen molar-refractivity contribution in [3.05, 3.63) is 72.9 Å². The van der Waals surface area contributed by atoms with E-state index in [0.29, 0.717) is 25.7 Å². The van der Waals surface area contributed by atoms with Gasteiger partial charge < -0.3 is 39.0 Å². The molecule has 3 N–H and O–H groups in total. The second-order valence-electron chi connectivity index (χ2n) is 17.4. The highest BCUT2D eigenvalue weighted by Crippen LogP contribution is 2.26. The standard InChI is InChI=1S/C55H90O12/c1-4-7-10-13-16-19-21-23-24-26-28-31-34-37-40-43-49(58)66-53-51(60)50(59)52(54(61)62)67-55(53)64-45-46(65-48(57)42-39-36-33-29-18-15-12-9-6-3)44-63-47(56)41-38-35-32-30-27-25-22-20-17-14-11-8-5-2/h7,10-11,14,16,19-20,22-24,28,31,46,50-53,55,59-60H,4-6,8-9,12-13,15,17-18,21,25-27,29-30,32-45H2,1-3H3,(H,61,62)/b10-7-,14-11-,19-16-,22-20-,24-23-,31-28-. The molecule has 0 radical (unpaired) electrons. The Balaban J connectivity index is 2.75. The molecule has 0 bridgehead atoms. The van der Waals surface area contributed by atoms with Gasteiger partial charge in [0.05, 0.1) is 6.61 Å². The first-order valence-corrected chi connectivity index (χ1v) is 25.9. The van der Waals surface area contributed by atoms with Crippen LogP contribution in [0.2, 0.25) is 0 Å². The van der Waals surface area contributed by atoms with Gasteiger partial charge in [0.15, 0.2) is 24.6 Å². The highest BCUT2D eigenvalue weighted by Gasteiger charge is 2.50. The average Bonchev–Trinajstić information content (AvgIpc) is 3.31. The summed E-state index contributed by atoms with van der Waals surface area (Å²) in [5.41, 5.74) is 0. The first-order chi connectivity index (χ1) is 32.6. The van der Waals surface area contributed by atoms with E-state index in [9.17, 15) is 34.5 Å². The number of esters is 3. The van der Waals surface area contributed by atoms with Crippen LogP contribution in [0.1, 0.15) is 201 Å². The third kappa shape index (κ3) is 34.2.